The van der Waals surface area contributed by atoms with Crippen molar-refractivity contribution in [2.45, 2.75) is 6.54 Å². The lowest BCUT2D eigenvalue weighted by Gasteiger charge is -2.00. The topological polar surface area (TPSA) is 26.0 Å². The minimum Gasteiger partial charge on any atom is -0.326 e. The average Bonchev–Trinajstić information content (AvgIpc) is 2.53. The van der Waals surface area contributed by atoms with Crippen molar-refractivity contribution in [2.24, 2.45) is 5.73 Å². The van der Waals surface area contributed by atoms with Gasteiger partial charge >= 0.3 is 0 Å². The zero-order valence-corrected chi connectivity index (χ0v) is 11.3. The molecule has 0 unspecified atom stereocenters. The van der Waals surface area contributed by atoms with E-state index in [2.05, 4.69) is 78.9 Å². The molecule has 0 aliphatic heterocycles. The lowest BCUT2D eigenvalue weighted by atomic mass is 10.1. The van der Waals surface area contributed by atoms with Gasteiger partial charge in [-0.15, -0.1) is 0 Å². The van der Waals surface area contributed by atoms with Gasteiger partial charge in [-0.05, 0) is 33.5 Å². The monoisotopic (exact) mass is 259 g/mol. The Hall–Kier alpha value is -2.38. The van der Waals surface area contributed by atoms with Crippen LogP contribution in [0.5, 0.6) is 0 Å². The van der Waals surface area contributed by atoms with Crippen LogP contribution in [0, 0.1) is 0 Å². The van der Waals surface area contributed by atoms with Crippen LogP contribution in [-0.2, 0) is 6.54 Å². The molecule has 0 atom stereocenters. The molecule has 3 aromatic carbocycles. The summed E-state index contributed by atoms with van der Waals surface area (Å²) in [4.78, 5) is 0. The summed E-state index contributed by atoms with van der Waals surface area (Å²) in [6, 6.07) is 23.3. The van der Waals surface area contributed by atoms with Crippen LogP contribution in [0.2, 0.25) is 0 Å². The number of benzene rings is 3. The predicted molar refractivity (Wildman–Crippen MR) is 87.2 cm³/mol. The molecular weight excluding hydrogens is 242 g/mol. The van der Waals surface area contributed by atoms with Crippen molar-refractivity contribution in [1.82, 2.24) is 0 Å². The fourth-order valence-electron chi connectivity index (χ4n) is 2.27. The quantitative estimate of drug-likeness (QED) is 0.690. The molecule has 0 spiro atoms. The first-order valence-electron chi connectivity index (χ1n) is 6.81. The highest BCUT2D eigenvalue weighted by Gasteiger charge is 1.93. The molecule has 20 heavy (non-hydrogen) atoms. The van der Waals surface area contributed by atoms with Crippen molar-refractivity contribution in [3.05, 3.63) is 83.4 Å². The molecule has 0 heterocycles. The molecule has 3 aromatic rings. The number of nitrogens with two attached hydrogens (primary N) is 1. The van der Waals surface area contributed by atoms with Crippen LogP contribution in [0.4, 0.5) is 0 Å². The highest BCUT2D eigenvalue weighted by molar-refractivity contribution is 5.85. The van der Waals surface area contributed by atoms with Crippen molar-refractivity contribution in [1.29, 1.82) is 0 Å². The van der Waals surface area contributed by atoms with E-state index in [0.29, 0.717) is 6.54 Å². The van der Waals surface area contributed by atoms with Gasteiger partial charge in [0.1, 0.15) is 0 Å². The summed E-state index contributed by atoms with van der Waals surface area (Å²) < 4.78 is 0. The molecule has 0 amide bonds. The molecule has 0 saturated carbocycles. The van der Waals surface area contributed by atoms with Gasteiger partial charge in [-0.1, -0.05) is 72.8 Å². The van der Waals surface area contributed by atoms with Gasteiger partial charge in [-0.25, -0.2) is 0 Å². The predicted octanol–water partition coefficient (Wildman–Crippen LogP) is 4.47. The van der Waals surface area contributed by atoms with E-state index >= 15 is 0 Å². The molecule has 0 fully saturated rings. The molecule has 0 saturated heterocycles. The molecule has 0 aliphatic rings. The third-order valence-electron chi connectivity index (χ3n) is 3.46. The van der Waals surface area contributed by atoms with Gasteiger partial charge in [-0.2, -0.15) is 0 Å². The summed E-state index contributed by atoms with van der Waals surface area (Å²) in [7, 11) is 0. The number of rotatable bonds is 3. The molecule has 1 heteroatoms. The Labute approximate surface area is 119 Å². The maximum Gasteiger partial charge on any atom is 0.0178 e. The summed E-state index contributed by atoms with van der Waals surface area (Å²) in [6.07, 6.45) is 4.27. The smallest absolute Gasteiger partial charge is 0.0178 e. The lowest BCUT2D eigenvalue weighted by molar-refractivity contribution is 1.07. The average molecular weight is 259 g/mol. The summed E-state index contributed by atoms with van der Waals surface area (Å²) in [5.41, 5.74) is 9.16. The van der Waals surface area contributed by atoms with Gasteiger partial charge in [-0.3, -0.25) is 0 Å². The van der Waals surface area contributed by atoms with Crippen LogP contribution in [0.25, 0.3) is 22.9 Å². The number of hydrogen-bond acceptors (Lipinski definition) is 1. The van der Waals surface area contributed by atoms with Crippen molar-refractivity contribution >= 4 is 22.9 Å². The van der Waals surface area contributed by atoms with Gasteiger partial charge in [0, 0.05) is 6.54 Å². The second-order valence-electron chi connectivity index (χ2n) is 4.89. The van der Waals surface area contributed by atoms with E-state index < -0.39 is 0 Å². The van der Waals surface area contributed by atoms with E-state index in [1.54, 1.807) is 0 Å². The Balaban J connectivity index is 1.85. The number of hydrogen-bond donors (Lipinski definition) is 1. The normalized spacial score (nSPS) is 11.2. The molecule has 0 radical (unpaired) electrons. The van der Waals surface area contributed by atoms with Crippen LogP contribution < -0.4 is 5.73 Å². The SMILES string of the molecule is NCc1ccc(C=Cc2ccc3ccccc3c2)cc1. The maximum atomic E-state index is 5.60. The van der Waals surface area contributed by atoms with E-state index in [1.807, 2.05) is 0 Å². The first kappa shape index (κ1) is 12.6. The highest BCUT2D eigenvalue weighted by atomic mass is 14.5. The molecule has 2 N–H and O–H groups in total. The summed E-state index contributed by atoms with van der Waals surface area (Å²) in [6.45, 7) is 0.592. The lowest BCUT2D eigenvalue weighted by Crippen LogP contribution is -1.94. The largest absolute Gasteiger partial charge is 0.326 e. The third kappa shape index (κ3) is 2.79. The van der Waals surface area contributed by atoms with Gasteiger partial charge in [0.25, 0.3) is 0 Å². The maximum absolute atomic E-state index is 5.60. The van der Waals surface area contributed by atoms with Crippen LogP contribution in [0.1, 0.15) is 16.7 Å². The molecule has 0 aromatic heterocycles. The standard InChI is InChI=1S/C19H17N/c20-14-17-9-6-15(7-10-17)5-8-16-11-12-18-3-1-2-4-19(18)13-16/h1-13H,14,20H2. The van der Waals surface area contributed by atoms with Gasteiger partial charge in [0.2, 0.25) is 0 Å². The van der Waals surface area contributed by atoms with E-state index in [9.17, 15) is 0 Å². The van der Waals surface area contributed by atoms with Crippen molar-refractivity contribution in [3.63, 3.8) is 0 Å². The minimum atomic E-state index is 0.592. The van der Waals surface area contributed by atoms with E-state index in [0.717, 1.165) is 5.56 Å². The first-order chi connectivity index (χ1) is 9.85. The highest BCUT2D eigenvalue weighted by Crippen LogP contribution is 2.17. The molecule has 0 aliphatic carbocycles. The minimum absolute atomic E-state index is 0.592. The van der Waals surface area contributed by atoms with Crippen LogP contribution in [0.3, 0.4) is 0 Å². The Bertz CT molecular complexity index is 739. The van der Waals surface area contributed by atoms with Crippen molar-refractivity contribution < 1.29 is 0 Å². The van der Waals surface area contributed by atoms with Crippen LogP contribution >= 0.6 is 0 Å². The second kappa shape index (κ2) is 5.72. The molecule has 0 bridgehead atoms. The van der Waals surface area contributed by atoms with Crippen molar-refractivity contribution in [3.8, 4) is 0 Å². The third-order valence-corrected chi connectivity index (χ3v) is 3.46. The zero-order chi connectivity index (χ0) is 13.8. The fourth-order valence-corrected chi connectivity index (χ4v) is 2.27. The summed E-state index contributed by atoms with van der Waals surface area (Å²) in [5.74, 6) is 0. The Morgan fingerprint density at radius 3 is 2.10 bits per heavy atom. The number of fused-ring (bicyclic) bond motifs is 1. The molecule has 1 nitrogen and oxygen atoms in total. The molecular formula is C19H17N. The Kier molecular flexibility index (Phi) is 3.62. The van der Waals surface area contributed by atoms with Gasteiger partial charge in [0.15, 0.2) is 0 Å². The van der Waals surface area contributed by atoms with E-state index in [4.69, 9.17) is 5.73 Å². The fraction of sp³-hybridized carbons (Fsp3) is 0.0526. The van der Waals surface area contributed by atoms with E-state index in [-0.39, 0.29) is 0 Å². The summed E-state index contributed by atoms with van der Waals surface area (Å²) >= 11 is 0. The van der Waals surface area contributed by atoms with Crippen LogP contribution in [-0.4, -0.2) is 0 Å². The Morgan fingerprint density at radius 1 is 0.700 bits per heavy atom. The second-order valence-corrected chi connectivity index (χ2v) is 4.89. The van der Waals surface area contributed by atoms with E-state index in [1.165, 1.54) is 21.9 Å². The zero-order valence-electron chi connectivity index (χ0n) is 11.3. The Morgan fingerprint density at radius 2 is 1.35 bits per heavy atom. The van der Waals surface area contributed by atoms with Crippen LogP contribution in [0.15, 0.2) is 66.7 Å². The first-order valence-corrected chi connectivity index (χ1v) is 6.81. The molecule has 3 rings (SSSR count). The molecule has 98 valence electrons. The summed E-state index contributed by atoms with van der Waals surface area (Å²) in [5, 5.41) is 2.55. The van der Waals surface area contributed by atoms with Gasteiger partial charge in [0.05, 0.1) is 0 Å². The van der Waals surface area contributed by atoms with Crippen molar-refractivity contribution in [2.75, 3.05) is 0 Å². The van der Waals surface area contributed by atoms with Gasteiger partial charge < -0.3 is 5.73 Å².